The summed E-state index contributed by atoms with van der Waals surface area (Å²) in [6, 6.07) is 32.7. The first-order chi connectivity index (χ1) is 20.7. The van der Waals surface area contributed by atoms with E-state index in [2.05, 4.69) is 78.4 Å². The van der Waals surface area contributed by atoms with Crippen LogP contribution in [0.2, 0.25) is 0 Å². The molecule has 0 aliphatic carbocycles. The van der Waals surface area contributed by atoms with Gasteiger partial charge in [-0.1, -0.05) is 119 Å². The van der Waals surface area contributed by atoms with E-state index in [0.29, 0.717) is 33.7 Å². The molecule has 2 N–H and O–H groups in total. The summed E-state index contributed by atoms with van der Waals surface area (Å²) in [5.41, 5.74) is 1.47. The normalized spacial score (nSPS) is 10.1. The van der Waals surface area contributed by atoms with Crippen molar-refractivity contribution in [2.75, 3.05) is 7.05 Å². The minimum absolute atomic E-state index is 0.0488. The fourth-order valence-electron chi connectivity index (χ4n) is 3.45. The van der Waals surface area contributed by atoms with Crippen LogP contribution in [0, 0.1) is 0 Å². The summed E-state index contributed by atoms with van der Waals surface area (Å²) in [5.74, 6) is -0.0488. The second-order valence-corrected chi connectivity index (χ2v) is 8.13. The molecule has 0 atom stereocenters. The highest BCUT2D eigenvalue weighted by Gasteiger charge is 2.14. The molecule has 0 amide bonds. The maximum atomic E-state index is 10.6. The lowest BCUT2D eigenvalue weighted by molar-refractivity contribution is -0.432. The predicted molar refractivity (Wildman–Crippen MR) is 175 cm³/mol. The van der Waals surface area contributed by atoms with Gasteiger partial charge in [-0.25, -0.2) is 5.26 Å². The number of aromatic hydroxyl groups is 1. The zero-order valence-corrected chi connectivity index (χ0v) is 26.0. The molecular weight excluding hydrogens is 548 g/mol. The van der Waals surface area contributed by atoms with Gasteiger partial charge in [0.15, 0.2) is 5.75 Å². The molecular formula is C33H40N4O4S. The third-order valence-electron chi connectivity index (χ3n) is 5.10. The standard InChI is InChI=1S/C17H14N4O4S.C10H8.3C2H6/c1-18-19-12-6-8-13(9-7-12)20-21-16-15(26-25-24-23)10-11-4-2-3-5-14(11)17(16)22;1-2-6-10-8-4-3-7-9(10)5-1;3*1-2/h2-10,22-23H,1H3;1-8H;3*1-2H3. The summed E-state index contributed by atoms with van der Waals surface area (Å²) in [7, 11) is 1.59. The number of phenols is 1. The van der Waals surface area contributed by atoms with Crippen LogP contribution in [0.15, 0.2) is 128 Å². The number of phenolic OH excluding ortho intramolecular Hbond substituents is 1. The Kier molecular flexibility index (Phi) is 18.4. The van der Waals surface area contributed by atoms with Gasteiger partial charge in [-0.05, 0) is 46.5 Å². The van der Waals surface area contributed by atoms with Crippen LogP contribution in [0.3, 0.4) is 0 Å². The van der Waals surface area contributed by atoms with Crippen LogP contribution in [0.25, 0.3) is 21.5 Å². The number of rotatable bonds is 6. The molecule has 5 rings (SSSR count). The molecule has 0 saturated carbocycles. The largest absolute Gasteiger partial charge is 0.505 e. The minimum atomic E-state index is -0.0488. The van der Waals surface area contributed by atoms with Crippen molar-refractivity contribution < 1.29 is 19.7 Å². The van der Waals surface area contributed by atoms with Gasteiger partial charge < -0.3 is 5.11 Å². The zero-order valence-electron chi connectivity index (χ0n) is 25.2. The van der Waals surface area contributed by atoms with E-state index in [9.17, 15) is 5.11 Å². The van der Waals surface area contributed by atoms with E-state index >= 15 is 0 Å². The topological polar surface area (TPSA) is 108 Å². The second-order valence-electron chi connectivity index (χ2n) is 7.38. The number of benzene rings is 5. The Labute approximate surface area is 252 Å². The molecule has 222 valence electrons. The van der Waals surface area contributed by atoms with E-state index in [1.54, 1.807) is 43.4 Å². The molecule has 9 heteroatoms. The maximum Gasteiger partial charge on any atom is 0.152 e. The van der Waals surface area contributed by atoms with Gasteiger partial charge in [0.25, 0.3) is 0 Å². The highest BCUT2D eigenvalue weighted by Crippen LogP contribution is 2.43. The lowest BCUT2D eigenvalue weighted by Crippen LogP contribution is -1.83. The van der Waals surface area contributed by atoms with Gasteiger partial charge in [0.2, 0.25) is 0 Å². The molecule has 0 heterocycles. The molecule has 42 heavy (non-hydrogen) atoms. The third-order valence-corrected chi connectivity index (χ3v) is 5.72. The summed E-state index contributed by atoms with van der Waals surface area (Å²) >= 11 is 0.707. The Morgan fingerprint density at radius 3 is 1.52 bits per heavy atom. The summed E-state index contributed by atoms with van der Waals surface area (Å²) in [4.78, 5) is 0.426. The number of hydrogen-bond donors (Lipinski definition) is 2. The van der Waals surface area contributed by atoms with Crippen LogP contribution < -0.4 is 0 Å². The van der Waals surface area contributed by atoms with Crippen LogP contribution in [-0.2, 0) is 9.37 Å². The van der Waals surface area contributed by atoms with Crippen molar-refractivity contribution >= 4 is 50.6 Å². The number of fused-ring (bicyclic) bond motifs is 2. The molecule has 0 fully saturated rings. The average molecular weight is 589 g/mol. The first-order valence-corrected chi connectivity index (χ1v) is 14.6. The SMILES string of the molecule is CC.CC.CC.CN=Nc1ccc(N=Nc2c(SOOO)cc3ccccc3c2O)cc1.c1ccc2ccccc2c1. The summed E-state index contributed by atoms with van der Waals surface area (Å²) < 4.78 is 4.50. The fourth-order valence-corrected chi connectivity index (χ4v) is 3.94. The summed E-state index contributed by atoms with van der Waals surface area (Å²) in [6.45, 7) is 12.0. The molecule has 0 radical (unpaired) electrons. The Morgan fingerprint density at radius 2 is 1.05 bits per heavy atom. The third kappa shape index (κ3) is 11.0. The quantitative estimate of drug-likeness (QED) is 0.0887. The van der Waals surface area contributed by atoms with E-state index in [-0.39, 0.29) is 11.4 Å². The molecule has 0 saturated heterocycles. The van der Waals surface area contributed by atoms with Crippen molar-refractivity contribution in [2.24, 2.45) is 20.5 Å². The van der Waals surface area contributed by atoms with Crippen LogP contribution in [0.4, 0.5) is 17.1 Å². The van der Waals surface area contributed by atoms with Crippen molar-refractivity contribution in [2.45, 2.75) is 46.4 Å². The minimum Gasteiger partial charge on any atom is -0.505 e. The Morgan fingerprint density at radius 1 is 0.595 bits per heavy atom. The molecule has 5 aromatic carbocycles. The Hall–Kier alpha value is -4.15. The fraction of sp³-hybridized carbons (Fsp3) is 0.212. The smallest absolute Gasteiger partial charge is 0.152 e. The van der Waals surface area contributed by atoms with E-state index in [0.717, 1.165) is 5.39 Å². The molecule has 0 aliphatic rings. The summed E-state index contributed by atoms with van der Waals surface area (Å²) in [6.07, 6.45) is 0. The van der Waals surface area contributed by atoms with Gasteiger partial charge >= 0.3 is 0 Å². The molecule has 0 aromatic heterocycles. The predicted octanol–water partition coefficient (Wildman–Crippen LogP) is 12.0. The number of hydrogen-bond acceptors (Lipinski definition) is 9. The number of azo groups is 2. The Bertz CT molecular complexity index is 1440. The van der Waals surface area contributed by atoms with Gasteiger partial charge in [0.05, 0.1) is 28.3 Å². The van der Waals surface area contributed by atoms with Crippen LogP contribution in [-0.4, -0.2) is 17.4 Å². The molecule has 0 bridgehead atoms. The van der Waals surface area contributed by atoms with E-state index in [1.165, 1.54) is 10.8 Å². The maximum absolute atomic E-state index is 10.6. The zero-order chi connectivity index (χ0) is 31.2. The van der Waals surface area contributed by atoms with Gasteiger partial charge in [-0.3, -0.25) is 0 Å². The molecule has 0 unspecified atom stereocenters. The van der Waals surface area contributed by atoms with E-state index < -0.39 is 0 Å². The summed E-state index contributed by atoms with van der Waals surface area (Å²) in [5, 5.41) is 42.5. The highest BCUT2D eigenvalue weighted by atomic mass is 32.2. The highest BCUT2D eigenvalue weighted by molar-refractivity contribution is 7.94. The van der Waals surface area contributed by atoms with E-state index in [4.69, 9.17) is 5.26 Å². The lowest BCUT2D eigenvalue weighted by Gasteiger charge is -2.08. The second kappa shape index (κ2) is 21.6. The Balaban J connectivity index is 0.000000455. The number of nitrogens with zero attached hydrogens (tertiary/aromatic N) is 4. The van der Waals surface area contributed by atoms with Gasteiger partial charge in [-0.15, -0.1) is 9.45 Å². The van der Waals surface area contributed by atoms with Crippen LogP contribution in [0.1, 0.15) is 41.5 Å². The monoisotopic (exact) mass is 588 g/mol. The molecule has 0 spiro atoms. The van der Waals surface area contributed by atoms with Gasteiger partial charge in [0.1, 0.15) is 5.69 Å². The first-order valence-electron chi connectivity index (χ1n) is 13.8. The van der Waals surface area contributed by atoms with Gasteiger partial charge in [-0.2, -0.15) is 15.3 Å². The van der Waals surface area contributed by atoms with Crippen LogP contribution >= 0.6 is 12.0 Å². The van der Waals surface area contributed by atoms with E-state index in [1.807, 2.05) is 59.7 Å². The van der Waals surface area contributed by atoms with Crippen molar-refractivity contribution in [3.63, 3.8) is 0 Å². The molecule has 8 nitrogen and oxygen atoms in total. The van der Waals surface area contributed by atoms with Crippen LogP contribution in [0.5, 0.6) is 5.75 Å². The van der Waals surface area contributed by atoms with Gasteiger partial charge in [0, 0.05) is 12.4 Å². The lowest BCUT2D eigenvalue weighted by atomic mass is 10.1. The van der Waals surface area contributed by atoms with Crippen molar-refractivity contribution in [3.05, 3.63) is 103 Å². The average Bonchev–Trinajstić information content (AvgIpc) is 3.07. The van der Waals surface area contributed by atoms with Crippen molar-refractivity contribution in [3.8, 4) is 5.75 Å². The molecule has 5 aromatic rings. The van der Waals surface area contributed by atoms with Crippen molar-refractivity contribution in [1.82, 2.24) is 0 Å². The molecule has 0 aliphatic heterocycles. The van der Waals surface area contributed by atoms with Crippen molar-refractivity contribution in [1.29, 1.82) is 0 Å². The first kappa shape index (κ1) is 35.9.